The molecular weight excluding hydrogens is 513 g/mol. The van der Waals surface area contributed by atoms with Gasteiger partial charge in [-0.1, -0.05) is 0 Å². The average Bonchev–Trinajstić information content (AvgIpc) is 2.85. The molecule has 1 saturated heterocycles. The molecule has 3 aromatic carbocycles. The van der Waals surface area contributed by atoms with Crippen molar-refractivity contribution in [1.29, 1.82) is 0 Å². The van der Waals surface area contributed by atoms with Gasteiger partial charge in [0.05, 0.1) is 17.3 Å². The van der Waals surface area contributed by atoms with Crippen molar-refractivity contribution in [3.63, 3.8) is 0 Å². The molecule has 1 aliphatic heterocycles. The van der Waals surface area contributed by atoms with Crippen LogP contribution in [0.4, 0.5) is 18.9 Å². The lowest BCUT2D eigenvalue weighted by Gasteiger charge is -2.36. The first-order valence-corrected chi connectivity index (χ1v) is 11.2. The van der Waals surface area contributed by atoms with E-state index < -0.39 is 23.4 Å². The van der Waals surface area contributed by atoms with Crippen LogP contribution in [0.3, 0.4) is 0 Å². The van der Waals surface area contributed by atoms with Gasteiger partial charge in [-0.2, -0.15) is 0 Å². The molecule has 0 aliphatic carbocycles. The summed E-state index contributed by atoms with van der Waals surface area (Å²) in [6, 6.07) is 12.2. The molecular formula is C25H20BrF3N2O3. The Morgan fingerprint density at radius 1 is 0.794 bits per heavy atom. The highest BCUT2D eigenvalue weighted by Crippen LogP contribution is 2.28. The van der Waals surface area contributed by atoms with E-state index >= 15 is 0 Å². The van der Waals surface area contributed by atoms with Crippen LogP contribution in [0, 0.1) is 17.5 Å². The number of nitrogens with zero attached hydrogens (tertiary/aromatic N) is 2. The van der Waals surface area contributed by atoms with Gasteiger partial charge in [0.25, 0.3) is 5.91 Å². The fraction of sp³-hybridized carbons (Fsp3) is 0.200. The summed E-state index contributed by atoms with van der Waals surface area (Å²) >= 11 is 3.34. The monoisotopic (exact) mass is 532 g/mol. The number of piperazine rings is 1. The highest BCUT2D eigenvalue weighted by atomic mass is 79.9. The molecule has 34 heavy (non-hydrogen) atoms. The third-order valence-corrected chi connectivity index (χ3v) is 6.32. The molecule has 0 aromatic heterocycles. The van der Waals surface area contributed by atoms with E-state index in [0.717, 1.165) is 12.1 Å². The number of carbonyl (C=O) groups excluding carboxylic acids is 2. The van der Waals surface area contributed by atoms with Crippen LogP contribution in [0.2, 0.25) is 0 Å². The van der Waals surface area contributed by atoms with Gasteiger partial charge in [0.1, 0.15) is 11.6 Å². The molecule has 0 unspecified atom stereocenters. The van der Waals surface area contributed by atoms with Crippen LogP contribution in [-0.4, -0.2) is 49.9 Å². The third-order valence-electron chi connectivity index (χ3n) is 5.70. The van der Waals surface area contributed by atoms with Crippen molar-refractivity contribution in [2.24, 2.45) is 0 Å². The first-order valence-electron chi connectivity index (χ1n) is 10.5. The van der Waals surface area contributed by atoms with Gasteiger partial charge in [0.15, 0.2) is 17.4 Å². The van der Waals surface area contributed by atoms with Gasteiger partial charge < -0.3 is 14.5 Å². The second-order valence-corrected chi connectivity index (χ2v) is 8.61. The first kappa shape index (κ1) is 23.8. The van der Waals surface area contributed by atoms with E-state index in [9.17, 15) is 22.8 Å². The van der Waals surface area contributed by atoms with E-state index in [0.29, 0.717) is 34.6 Å². The van der Waals surface area contributed by atoms with E-state index in [1.807, 2.05) is 0 Å². The Balaban J connectivity index is 1.44. The predicted molar refractivity (Wildman–Crippen MR) is 125 cm³/mol. The minimum Gasteiger partial charge on any atom is -0.496 e. The highest BCUT2D eigenvalue weighted by molar-refractivity contribution is 9.10. The summed E-state index contributed by atoms with van der Waals surface area (Å²) in [7, 11) is 1.52. The van der Waals surface area contributed by atoms with Gasteiger partial charge in [0.2, 0.25) is 0 Å². The zero-order valence-electron chi connectivity index (χ0n) is 18.2. The minimum atomic E-state index is -1.08. The van der Waals surface area contributed by atoms with Gasteiger partial charge in [0, 0.05) is 42.9 Å². The van der Waals surface area contributed by atoms with E-state index in [-0.39, 0.29) is 30.0 Å². The summed E-state index contributed by atoms with van der Waals surface area (Å²) in [5.74, 6) is -2.79. The first-order chi connectivity index (χ1) is 16.3. The molecule has 4 rings (SSSR count). The molecule has 0 spiro atoms. The number of rotatable bonds is 5. The fourth-order valence-corrected chi connectivity index (χ4v) is 4.38. The van der Waals surface area contributed by atoms with E-state index in [2.05, 4.69) is 15.9 Å². The summed E-state index contributed by atoms with van der Waals surface area (Å²) in [5, 5.41) is 0. The lowest BCUT2D eigenvalue weighted by atomic mass is 10.0. The summed E-state index contributed by atoms with van der Waals surface area (Å²) in [6.45, 7) is 1.28. The molecule has 0 N–H and O–H groups in total. The molecule has 0 atom stereocenters. The summed E-state index contributed by atoms with van der Waals surface area (Å²) < 4.78 is 47.3. The van der Waals surface area contributed by atoms with E-state index in [1.54, 1.807) is 35.2 Å². The topological polar surface area (TPSA) is 49.9 Å². The molecule has 1 heterocycles. The number of ether oxygens (including phenoxy) is 1. The van der Waals surface area contributed by atoms with Crippen LogP contribution in [0.5, 0.6) is 5.75 Å². The number of hydrogen-bond acceptors (Lipinski definition) is 4. The highest BCUT2D eigenvalue weighted by Gasteiger charge is 2.25. The fourth-order valence-electron chi connectivity index (χ4n) is 3.84. The summed E-state index contributed by atoms with van der Waals surface area (Å²) in [4.78, 5) is 28.7. The number of benzene rings is 3. The Kier molecular flexibility index (Phi) is 6.92. The van der Waals surface area contributed by atoms with Crippen molar-refractivity contribution in [3.05, 3.63) is 93.2 Å². The lowest BCUT2D eigenvalue weighted by Crippen LogP contribution is -2.49. The van der Waals surface area contributed by atoms with Gasteiger partial charge in [-0.25, -0.2) is 13.2 Å². The number of methoxy groups -OCH3 is 1. The largest absolute Gasteiger partial charge is 0.496 e. The van der Waals surface area contributed by atoms with Gasteiger partial charge in [-0.3, -0.25) is 9.59 Å². The van der Waals surface area contributed by atoms with Crippen molar-refractivity contribution in [2.75, 3.05) is 38.2 Å². The Morgan fingerprint density at radius 2 is 1.41 bits per heavy atom. The number of halogens is 4. The predicted octanol–water partition coefficient (Wildman–Crippen LogP) is 5.07. The van der Waals surface area contributed by atoms with Gasteiger partial charge in [-0.05, 0) is 70.5 Å². The number of hydrogen-bond donors (Lipinski definition) is 0. The van der Waals surface area contributed by atoms with Crippen molar-refractivity contribution >= 4 is 33.3 Å². The van der Waals surface area contributed by atoms with Crippen LogP contribution in [0.1, 0.15) is 26.3 Å². The number of ketones is 1. The normalized spacial score (nSPS) is 13.7. The third kappa shape index (κ3) is 4.79. The van der Waals surface area contributed by atoms with E-state index in [1.165, 1.54) is 24.1 Å². The lowest BCUT2D eigenvalue weighted by molar-refractivity contribution is 0.0745. The van der Waals surface area contributed by atoms with Gasteiger partial charge in [-0.15, -0.1) is 0 Å². The minimum absolute atomic E-state index is 0.0616. The van der Waals surface area contributed by atoms with Crippen molar-refractivity contribution < 1.29 is 27.5 Å². The molecule has 5 nitrogen and oxygen atoms in total. The Bertz CT molecular complexity index is 1260. The molecule has 0 saturated carbocycles. The second-order valence-electron chi connectivity index (χ2n) is 7.75. The van der Waals surface area contributed by atoms with E-state index in [4.69, 9.17) is 4.74 Å². The molecule has 176 valence electrons. The van der Waals surface area contributed by atoms with Crippen molar-refractivity contribution in [2.45, 2.75) is 0 Å². The zero-order chi connectivity index (χ0) is 24.4. The van der Waals surface area contributed by atoms with Crippen LogP contribution < -0.4 is 9.64 Å². The molecule has 0 radical (unpaired) electrons. The quantitative estimate of drug-likeness (QED) is 0.430. The van der Waals surface area contributed by atoms with Gasteiger partial charge >= 0.3 is 0 Å². The molecule has 1 fully saturated rings. The van der Waals surface area contributed by atoms with Crippen LogP contribution in [-0.2, 0) is 0 Å². The summed E-state index contributed by atoms with van der Waals surface area (Å²) in [5.41, 5.74) is 0.994. The second kappa shape index (κ2) is 9.89. The summed E-state index contributed by atoms with van der Waals surface area (Å²) in [6.07, 6.45) is 0. The van der Waals surface area contributed by atoms with Crippen LogP contribution >= 0.6 is 15.9 Å². The number of carbonyl (C=O) groups is 2. The molecule has 9 heteroatoms. The van der Waals surface area contributed by atoms with Crippen LogP contribution in [0.25, 0.3) is 0 Å². The molecule has 1 amide bonds. The average molecular weight is 533 g/mol. The Hall–Kier alpha value is -3.33. The maximum absolute atomic E-state index is 14.9. The Labute approximate surface area is 202 Å². The molecule has 0 bridgehead atoms. The van der Waals surface area contributed by atoms with Crippen molar-refractivity contribution in [1.82, 2.24) is 4.90 Å². The molecule has 1 aliphatic rings. The van der Waals surface area contributed by atoms with Crippen molar-refractivity contribution in [3.8, 4) is 5.75 Å². The molecule has 3 aromatic rings. The maximum atomic E-state index is 14.9. The smallest absolute Gasteiger partial charge is 0.254 e. The SMILES string of the molecule is COc1ccc(C(=O)c2ccc(N3CCN(C(=O)c4ccc(F)c(F)c4)CC3)c(F)c2)cc1Br. The zero-order valence-corrected chi connectivity index (χ0v) is 19.7. The number of anilines is 1. The van der Waals surface area contributed by atoms with Crippen LogP contribution in [0.15, 0.2) is 59.1 Å². The number of amides is 1. The standard InChI is InChI=1S/C25H20BrF3N2O3/c1-34-23-7-4-15(12-18(23)26)24(32)16-3-6-22(21(29)13-16)30-8-10-31(11-9-30)25(33)17-2-5-19(27)20(28)14-17/h2-7,12-14H,8-11H2,1H3. The maximum Gasteiger partial charge on any atom is 0.254 e. The Morgan fingerprint density at radius 3 is 2.03 bits per heavy atom.